The van der Waals surface area contributed by atoms with E-state index in [9.17, 15) is 4.79 Å². The van der Waals surface area contributed by atoms with Crippen LogP contribution in [0.2, 0.25) is 0 Å². The van der Waals surface area contributed by atoms with Crippen LogP contribution in [-0.4, -0.2) is 70.8 Å². The molecule has 8 nitrogen and oxygen atoms in total. The number of carbonyl (C=O) groups excluding carboxylic acids is 1. The van der Waals surface area contributed by atoms with Gasteiger partial charge in [-0.1, -0.05) is 47.1 Å². The number of nitrogens with one attached hydrogen (secondary N) is 1. The van der Waals surface area contributed by atoms with E-state index in [1.807, 2.05) is 0 Å². The van der Waals surface area contributed by atoms with Crippen LogP contribution in [0.5, 0.6) is 0 Å². The summed E-state index contributed by atoms with van der Waals surface area (Å²) in [4.78, 5) is 22.6. The molecule has 216 valence electrons. The molecule has 40 heavy (non-hydrogen) atoms. The van der Waals surface area contributed by atoms with E-state index in [0.717, 1.165) is 45.6 Å². The topological polar surface area (TPSA) is 109 Å². The summed E-state index contributed by atoms with van der Waals surface area (Å²) in [6, 6.07) is 23.1. The van der Waals surface area contributed by atoms with E-state index < -0.39 is 0 Å². The second-order valence-corrected chi connectivity index (χ2v) is 10.9. The average molecular weight is 606 g/mol. The molecule has 0 saturated carbocycles. The van der Waals surface area contributed by atoms with Gasteiger partial charge >= 0.3 is 0 Å². The highest BCUT2D eigenvalue weighted by atomic mass is 35.5. The summed E-state index contributed by atoms with van der Waals surface area (Å²) in [5.74, 6) is 1.16. The number of hydrogen-bond donors (Lipinski definition) is 2. The average Bonchev–Trinajstić information content (AvgIpc) is 3.40. The Bertz CT molecular complexity index is 1270. The predicted molar refractivity (Wildman–Crippen MR) is 172 cm³/mol. The molecule has 2 aromatic carbocycles. The lowest BCUT2D eigenvalue weighted by Crippen LogP contribution is -2.48. The first-order valence-corrected chi connectivity index (χ1v) is 14.1. The Morgan fingerprint density at radius 1 is 0.925 bits per heavy atom. The van der Waals surface area contributed by atoms with Gasteiger partial charge in [0.05, 0.1) is 23.1 Å². The minimum Gasteiger partial charge on any atom is -0.412 e. The number of carbonyl (C=O) groups is 1. The third-order valence-electron chi connectivity index (χ3n) is 6.71. The summed E-state index contributed by atoms with van der Waals surface area (Å²) in [5.41, 5.74) is 7.97. The van der Waals surface area contributed by atoms with Crippen LogP contribution in [0.3, 0.4) is 0 Å². The van der Waals surface area contributed by atoms with E-state index in [4.69, 9.17) is 5.73 Å². The molecule has 1 fully saturated rings. The fourth-order valence-electron chi connectivity index (χ4n) is 4.71. The van der Waals surface area contributed by atoms with Crippen LogP contribution in [-0.2, 0) is 0 Å². The number of nitrogen functional groups attached to an aromatic ring is 1. The first kappa shape index (κ1) is 33.1. The Hall–Kier alpha value is -3.08. The van der Waals surface area contributed by atoms with Crippen molar-refractivity contribution in [1.29, 1.82) is 0 Å². The molecule has 2 aliphatic rings. The fourth-order valence-corrected chi connectivity index (χ4v) is 6.62. The SMILES string of the molecule is Cl.Cl.Nc1cnccc1C(=O)NCCCCN1CCN(C2=CC=S(c3ccccc3)N2c2ccccc2)CC1.O. The molecule has 0 aliphatic carbocycles. The lowest BCUT2D eigenvalue weighted by Gasteiger charge is -2.40. The smallest absolute Gasteiger partial charge is 0.253 e. The maximum atomic E-state index is 12.3. The molecule has 11 heteroatoms. The summed E-state index contributed by atoms with van der Waals surface area (Å²) in [5, 5.41) is 5.32. The van der Waals surface area contributed by atoms with Crippen molar-refractivity contribution in [3.8, 4) is 0 Å². The van der Waals surface area contributed by atoms with E-state index in [0.29, 0.717) is 17.8 Å². The van der Waals surface area contributed by atoms with E-state index in [1.54, 1.807) is 12.3 Å². The molecule has 0 bridgehead atoms. The van der Waals surface area contributed by atoms with Crippen LogP contribution in [0.25, 0.3) is 0 Å². The molecule has 1 saturated heterocycles. The highest BCUT2D eigenvalue weighted by Gasteiger charge is 2.28. The van der Waals surface area contributed by atoms with Crippen molar-refractivity contribution in [2.75, 3.05) is 49.3 Å². The number of amides is 1. The van der Waals surface area contributed by atoms with Gasteiger partial charge in [-0.15, -0.1) is 24.8 Å². The molecule has 5 N–H and O–H groups in total. The number of piperazine rings is 1. The Morgan fingerprint density at radius 3 is 2.27 bits per heavy atom. The number of aromatic nitrogens is 1. The summed E-state index contributed by atoms with van der Waals surface area (Å²) in [6.45, 7) is 5.79. The van der Waals surface area contributed by atoms with E-state index >= 15 is 0 Å². The van der Waals surface area contributed by atoms with Crippen molar-refractivity contribution < 1.29 is 10.3 Å². The second kappa shape index (κ2) is 16.2. The molecule has 3 aromatic rings. The number of para-hydroxylation sites is 1. The first-order valence-electron chi connectivity index (χ1n) is 12.8. The lowest BCUT2D eigenvalue weighted by molar-refractivity contribution is 0.0952. The quantitative estimate of drug-likeness (QED) is 0.279. The molecule has 0 spiro atoms. The van der Waals surface area contributed by atoms with Gasteiger partial charge in [0.2, 0.25) is 0 Å². The number of allylic oxidation sites excluding steroid dienone is 1. The largest absolute Gasteiger partial charge is 0.412 e. The minimum atomic E-state index is -0.132. The Balaban J connectivity index is 0.00000187. The van der Waals surface area contributed by atoms with Crippen molar-refractivity contribution >= 4 is 58.1 Å². The molecule has 1 aromatic heterocycles. The molecule has 0 radical (unpaired) electrons. The molecular weight excluding hydrogens is 567 g/mol. The molecule has 5 rings (SSSR count). The van der Waals surface area contributed by atoms with Crippen LogP contribution in [0.1, 0.15) is 23.2 Å². The summed E-state index contributed by atoms with van der Waals surface area (Å²) in [7, 11) is -0.132. The Kier molecular flexibility index (Phi) is 13.5. The van der Waals surface area contributed by atoms with E-state index in [2.05, 4.69) is 96.5 Å². The lowest BCUT2D eigenvalue weighted by atomic mass is 10.2. The Morgan fingerprint density at radius 2 is 1.60 bits per heavy atom. The van der Waals surface area contributed by atoms with Crippen molar-refractivity contribution in [2.24, 2.45) is 0 Å². The number of unbranched alkanes of at least 4 members (excludes halogenated alkanes) is 1. The van der Waals surface area contributed by atoms with Crippen LogP contribution >= 0.6 is 35.5 Å². The molecule has 3 heterocycles. The molecule has 2 aliphatic heterocycles. The van der Waals surface area contributed by atoms with Crippen LogP contribution in [0, 0.1) is 0 Å². The molecule has 1 atom stereocenters. The Labute approximate surface area is 251 Å². The predicted octanol–water partition coefficient (Wildman–Crippen LogP) is 4.22. The number of nitrogens with zero attached hydrogens (tertiary/aromatic N) is 4. The number of anilines is 2. The van der Waals surface area contributed by atoms with Gasteiger partial charge in [-0.2, -0.15) is 0 Å². The highest BCUT2D eigenvalue weighted by Crippen LogP contribution is 2.42. The summed E-state index contributed by atoms with van der Waals surface area (Å²) in [6.07, 6.45) is 7.40. The van der Waals surface area contributed by atoms with Gasteiger partial charge in [-0.25, -0.2) is 0 Å². The standard InChI is InChI=1S/C29H34N6OS.2ClH.H2O/c30-27-23-31-16-13-26(27)29(36)32-15-7-8-17-33-18-20-34(21-19-33)28-14-22-37(25-11-5-2-6-12-25)35(28)24-9-3-1-4-10-24;;;/h1-6,9-14,16,22-23H,7-8,15,17-21,30H2,(H,32,36);2*1H;1H2. The van der Waals surface area contributed by atoms with Crippen LogP contribution in [0.15, 0.2) is 95.9 Å². The van der Waals surface area contributed by atoms with Gasteiger partial charge in [0.15, 0.2) is 0 Å². The number of halogens is 2. The normalized spacial score (nSPS) is 16.5. The van der Waals surface area contributed by atoms with Gasteiger partial charge in [0.25, 0.3) is 5.91 Å². The number of nitrogens with two attached hydrogens (primary N) is 1. The zero-order valence-corrected chi connectivity index (χ0v) is 24.8. The van der Waals surface area contributed by atoms with Crippen molar-refractivity contribution in [2.45, 2.75) is 17.7 Å². The number of pyridine rings is 1. The molecule has 1 unspecified atom stereocenters. The monoisotopic (exact) mass is 604 g/mol. The van der Waals surface area contributed by atoms with Crippen molar-refractivity contribution in [1.82, 2.24) is 20.1 Å². The van der Waals surface area contributed by atoms with E-state index in [-0.39, 0.29) is 46.9 Å². The third kappa shape index (κ3) is 7.99. The van der Waals surface area contributed by atoms with Crippen LogP contribution in [0.4, 0.5) is 11.4 Å². The number of rotatable bonds is 9. The third-order valence-corrected chi connectivity index (χ3v) is 8.65. The number of hydrogen-bond acceptors (Lipinski definition) is 6. The maximum absolute atomic E-state index is 12.3. The molecular formula is C29H38Cl2N6O2S. The van der Waals surface area contributed by atoms with Gasteiger partial charge in [-0.3, -0.25) is 19.0 Å². The summed E-state index contributed by atoms with van der Waals surface area (Å²) < 4.78 is 2.49. The zero-order valence-electron chi connectivity index (χ0n) is 22.3. The minimum absolute atomic E-state index is 0. The second-order valence-electron chi connectivity index (χ2n) is 9.17. The van der Waals surface area contributed by atoms with Crippen molar-refractivity contribution in [3.05, 3.63) is 96.6 Å². The van der Waals surface area contributed by atoms with Gasteiger partial charge in [0.1, 0.15) is 5.82 Å². The van der Waals surface area contributed by atoms with Crippen LogP contribution < -0.4 is 15.4 Å². The summed E-state index contributed by atoms with van der Waals surface area (Å²) >= 11 is 0. The zero-order chi connectivity index (χ0) is 25.5. The first-order chi connectivity index (χ1) is 18.2. The van der Waals surface area contributed by atoms with Crippen molar-refractivity contribution in [3.63, 3.8) is 0 Å². The van der Waals surface area contributed by atoms with E-state index in [1.165, 1.54) is 22.6 Å². The highest BCUT2D eigenvalue weighted by molar-refractivity contribution is 8.16. The van der Waals surface area contributed by atoms with Gasteiger partial charge in [0, 0.05) is 43.8 Å². The maximum Gasteiger partial charge on any atom is 0.253 e. The molecule has 1 amide bonds. The number of benzene rings is 2. The fraction of sp³-hybridized carbons (Fsp3) is 0.276. The van der Waals surface area contributed by atoms with Gasteiger partial charge in [-0.05, 0) is 61.2 Å². The van der Waals surface area contributed by atoms with Gasteiger partial charge < -0.3 is 21.4 Å².